The molecule has 1 aromatic rings. The van der Waals surface area contributed by atoms with Crippen molar-refractivity contribution in [3.63, 3.8) is 0 Å². The van der Waals surface area contributed by atoms with E-state index in [4.69, 9.17) is 0 Å². The van der Waals surface area contributed by atoms with Gasteiger partial charge in [-0.25, -0.2) is 0 Å². The molecule has 2 rings (SSSR count). The summed E-state index contributed by atoms with van der Waals surface area (Å²) < 4.78 is 0. The molecule has 1 aromatic heterocycles. The summed E-state index contributed by atoms with van der Waals surface area (Å²) in [6.45, 7) is 0. The van der Waals surface area contributed by atoms with Crippen LogP contribution in [0.3, 0.4) is 0 Å². The Morgan fingerprint density at radius 3 is 1.83 bits per heavy atom. The molecule has 0 spiro atoms. The minimum atomic E-state index is 1.14. The summed E-state index contributed by atoms with van der Waals surface area (Å²) in [6.07, 6.45) is 6.31. The standard InChI is InChI=1S/C7H10.C4H4S/c1-2-4-6-7-5-3-1;1-2-4-5-3-1/h1-5H2;1-4H. The third kappa shape index (κ3) is 4.98. The monoisotopic (exact) mass is 178 g/mol. The van der Waals surface area contributed by atoms with Crippen LogP contribution in [-0.2, 0) is 0 Å². The summed E-state index contributed by atoms with van der Waals surface area (Å²) in [7, 11) is 0. The number of hydrogen-bond acceptors (Lipinski definition) is 1. The van der Waals surface area contributed by atoms with Gasteiger partial charge in [-0.1, -0.05) is 18.6 Å². The van der Waals surface area contributed by atoms with E-state index in [2.05, 4.69) is 11.8 Å². The van der Waals surface area contributed by atoms with Gasteiger partial charge in [-0.3, -0.25) is 0 Å². The quantitative estimate of drug-likeness (QED) is 0.531. The molecule has 0 atom stereocenters. The van der Waals surface area contributed by atoms with Crippen LogP contribution in [0.4, 0.5) is 0 Å². The molecule has 12 heavy (non-hydrogen) atoms. The molecule has 0 aliphatic heterocycles. The predicted molar refractivity (Wildman–Crippen MR) is 55.2 cm³/mol. The zero-order chi connectivity index (χ0) is 8.49. The molecule has 0 radical (unpaired) electrons. The molecule has 0 saturated heterocycles. The fourth-order valence-corrected chi connectivity index (χ4v) is 1.46. The molecule has 0 bridgehead atoms. The van der Waals surface area contributed by atoms with Gasteiger partial charge in [0.05, 0.1) is 0 Å². The van der Waals surface area contributed by atoms with Gasteiger partial charge in [0, 0.05) is 12.8 Å². The zero-order valence-electron chi connectivity index (χ0n) is 7.25. The highest BCUT2D eigenvalue weighted by Gasteiger charge is 1.87. The molecule has 1 aliphatic carbocycles. The Morgan fingerprint density at radius 1 is 0.833 bits per heavy atom. The molecule has 0 saturated carbocycles. The summed E-state index contributed by atoms with van der Waals surface area (Å²) in [5, 5.41) is 4.08. The first-order valence-electron chi connectivity index (χ1n) is 4.43. The Balaban J connectivity index is 0.000000127. The van der Waals surface area contributed by atoms with Crippen molar-refractivity contribution in [2.24, 2.45) is 0 Å². The fraction of sp³-hybridized carbons (Fsp3) is 0.455. The minimum Gasteiger partial charge on any atom is -0.152 e. The van der Waals surface area contributed by atoms with Crippen molar-refractivity contribution in [2.45, 2.75) is 32.1 Å². The molecule has 0 N–H and O–H groups in total. The smallest absolute Gasteiger partial charge is 0.00886 e. The van der Waals surface area contributed by atoms with Gasteiger partial charge in [0.1, 0.15) is 0 Å². The lowest BCUT2D eigenvalue weighted by Crippen LogP contribution is -1.68. The van der Waals surface area contributed by atoms with Gasteiger partial charge >= 0.3 is 0 Å². The van der Waals surface area contributed by atoms with Gasteiger partial charge in [0.15, 0.2) is 0 Å². The topological polar surface area (TPSA) is 0 Å². The molecule has 0 nitrogen and oxygen atoms in total. The Kier molecular flexibility index (Phi) is 5.41. The molecular weight excluding hydrogens is 164 g/mol. The Bertz CT molecular complexity index is 198. The Morgan fingerprint density at radius 2 is 1.42 bits per heavy atom. The van der Waals surface area contributed by atoms with E-state index < -0.39 is 0 Å². The van der Waals surface area contributed by atoms with Crippen LogP contribution in [0.15, 0.2) is 22.9 Å². The lowest BCUT2D eigenvalue weighted by molar-refractivity contribution is 0.722. The van der Waals surface area contributed by atoms with E-state index in [-0.39, 0.29) is 0 Å². The van der Waals surface area contributed by atoms with Crippen LogP contribution in [0.2, 0.25) is 0 Å². The van der Waals surface area contributed by atoms with Crippen LogP contribution >= 0.6 is 11.3 Å². The van der Waals surface area contributed by atoms with Crippen LogP contribution < -0.4 is 0 Å². The van der Waals surface area contributed by atoms with Crippen molar-refractivity contribution in [1.82, 2.24) is 0 Å². The number of hydrogen-bond donors (Lipinski definition) is 0. The van der Waals surface area contributed by atoms with Crippen LogP contribution in [-0.4, -0.2) is 0 Å². The zero-order valence-corrected chi connectivity index (χ0v) is 8.07. The van der Waals surface area contributed by atoms with E-state index in [0.29, 0.717) is 0 Å². The summed E-state index contributed by atoms with van der Waals surface area (Å²) in [5.41, 5.74) is 0. The van der Waals surface area contributed by atoms with Gasteiger partial charge in [-0.05, 0) is 23.6 Å². The lowest BCUT2D eigenvalue weighted by atomic mass is 10.2. The third-order valence-corrected chi connectivity index (χ3v) is 2.28. The highest BCUT2D eigenvalue weighted by atomic mass is 32.1. The molecule has 1 heteroatoms. The summed E-state index contributed by atoms with van der Waals surface area (Å²) >= 11 is 1.71. The second-order valence-corrected chi connectivity index (χ2v) is 3.52. The largest absolute Gasteiger partial charge is 0.152 e. The summed E-state index contributed by atoms with van der Waals surface area (Å²) in [4.78, 5) is 0. The van der Waals surface area contributed by atoms with E-state index >= 15 is 0 Å². The Hall–Kier alpha value is -0.740. The van der Waals surface area contributed by atoms with Gasteiger partial charge in [-0.15, -0.1) is 11.8 Å². The van der Waals surface area contributed by atoms with Gasteiger partial charge in [0.2, 0.25) is 0 Å². The van der Waals surface area contributed by atoms with Gasteiger partial charge < -0.3 is 0 Å². The Labute approximate surface area is 78.6 Å². The first-order chi connectivity index (χ1) is 6.00. The molecule has 1 heterocycles. The second-order valence-electron chi connectivity index (χ2n) is 2.71. The van der Waals surface area contributed by atoms with Crippen LogP contribution in [0.5, 0.6) is 0 Å². The van der Waals surface area contributed by atoms with Crippen molar-refractivity contribution < 1.29 is 0 Å². The van der Waals surface area contributed by atoms with Gasteiger partial charge in [0.25, 0.3) is 0 Å². The molecule has 0 fully saturated rings. The maximum Gasteiger partial charge on any atom is 0.00886 e. The molecule has 0 aromatic carbocycles. The predicted octanol–water partition coefficient (Wildman–Crippen LogP) is 3.70. The number of thiophene rings is 1. The first kappa shape index (κ1) is 9.35. The van der Waals surface area contributed by atoms with Crippen LogP contribution in [0, 0.1) is 11.8 Å². The molecule has 0 unspecified atom stereocenters. The van der Waals surface area contributed by atoms with Crippen molar-refractivity contribution in [2.75, 3.05) is 0 Å². The summed E-state index contributed by atoms with van der Waals surface area (Å²) in [5.74, 6) is 6.19. The number of rotatable bonds is 0. The van der Waals surface area contributed by atoms with E-state index in [1.165, 1.54) is 19.3 Å². The maximum atomic E-state index is 3.10. The minimum absolute atomic E-state index is 1.14. The average molecular weight is 178 g/mol. The van der Waals surface area contributed by atoms with E-state index in [9.17, 15) is 0 Å². The highest BCUT2D eigenvalue weighted by Crippen LogP contribution is 2.04. The average Bonchev–Trinajstić information content (AvgIpc) is 2.54. The van der Waals surface area contributed by atoms with Gasteiger partial charge in [-0.2, -0.15) is 11.3 Å². The second kappa shape index (κ2) is 6.94. The third-order valence-electron chi connectivity index (χ3n) is 1.65. The maximum absolute atomic E-state index is 3.10. The van der Waals surface area contributed by atoms with Crippen molar-refractivity contribution >= 4 is 11.3 Å². The van der Waals surface area contributed by atoms with Crippen molar-refractivity contribution in [3.8, 4) is 11.8 Å². The SMILES string of the molecule is C1#CCCCCC1.c1ccsc1. The van der Waals surface area contributed by atoms with Crippen LogP contribution in [0.1, 0.15) is 32.1 Å². The molecular formula is C11H14S. The van der Waals surface area contributed by atoms with Crippen LogP contribution in [0.25, 0.3) is 0 Å². The van der Waals surface area contributed by atoms with Crippen molar-refractivity contribution in [1.29, 1.82) is 0 Å². The summed E-state index contributed by atoms with van der Waals surface area (Å²) in [6, 6.07) is 4.04. The van der Waals surface area contributed by atoms with E-state index in [0.717, 1.165) is 12.8 Å². The first-order valence-corrected chi connectivity index (χ1v) is 5.37. The lowest BCUT2D eigenvalue weighted by Gasteiger charge is -1.85. The fourth-order valence-electron chi connectivity index (χ4n) is 1.01. The highest BCUT2D eigenvalue weighted by molar-refractivity contribution is 7.07. The normalized spacial score (nSPS) is 14.7. The molecule has 64 valence electrons. The molecule has 0 amide bonds. The van der Waals surface area contributed by atoms with E-state index in [1.807, 2.05) is 22.9 Å². The molecule has 1 aliphatic rings. The van der Waals surface area contributed by atoms with E-state index in [1.54, 1.807) is 11.3 Å². The van der Waals surface area contributed by atoms with Crippen molar-refractivity contribution in [3.05, 3.63) is 22.9 Å².